The summed E-state index contributed by atoms with van der Waals surface area (Å²) in [5.41, 5.74) is 7.21. The smallest absolute Gasteiger partial charge is 0.274 e. The quantitative estimate of drug-likeness (QED) is 0.198. The van der Waals surface area contributed by atoms with Crippen molar-refractivity contribution in [2.24, 2.45) is 26.8 Å². The minimum Gasteiger partial charge on any atom is -0.394 e. The zero-order chi connectivity index (χ0) is 25.5. The molecule has 10 nitrogen and oxygen atoms in total. The topological polar surface area (TPSA) is 122 Å². The van der Waals surface area contributed by atoms with Gasteiger partial charge in [0.1, 0.15) is 23.8 Å². The number of anilines is 1. The maximum Gasteiger partial charge on any atom is 0.274 e. The number of hydrogen-bond acceptors (Lipinski definition) is 8. The first-order valence-electron chi connectivity index (χ1n) is 11.0. The molecule has 3 heterocycles. The highest BCUT2D eigenvalue weighted by atomic mass is 32.2. The molecule has 0 spiro atoms. The SMILES string of the molecule is C=N/C(=N\OCC1CN(SC(N)=CC=NC)C1)c1ccc(F)c(NC(=O)c2cnc3ccccn23)c1. The van der Waals surface area contributed by atoms with E-state index >= 15 is 0 Å². The van der Waals surface area contributed by atoms with Crippen molar-refractivity contribution in [3.63, 3.8) is 0 Å². The van der Waals surface area contributed by atoms with Crippen LogP contribution in [0.4, 0.5) is 10.1 Å². The van der Waals surface area contributed by atoms with Crippen LogP contribution in [-0.4, -0.2) is 65.1 Å². The molecule has 0 saturated carbocycles. The fraction of sp³-hybridized carbons (Fsp3) is 0.208. The third kappa shape index (κ3) is 5.96. The highest BCUT2D eigenvalue weighted by Crippen LogP contribution is 2.27. The Hall–Kier alpha value is -4.03. The number of hydrogen-bond donors (Lipinski definition) is 2. The molecule has 0 bridgehead atoms. The van der Waals surface area contributed by atoms with Crippen LogP contribution in [0.1, 0.15) is 16.1 Å². The van der Waals surface area contributed by atoms with Crippen molar-refractivity contribution in [1.82, 2.24) is 13.7 Å². The number of nitrogens with two attached hydrogens (primary N) is 1. The Labute approximate surface area is 211 Å². The van der Waals surface area contributed by atoms with E-state index in [1.807, 2.05) is 6.07 Å². The van der Waals surface area contributed by atoms with Crippen LogP contribution >= 0.6 is 11.9 Å². The molecule has 0 unspecified atom stereocenters. The van der Waals surface area contributed by atoms with Crippen molar-refractivity contribution in [1.29, 1.82) is 0 Å². The van der Waals surface area contributed by atoms with Gasteiger partial charge in [0.05, 0.1) is 16.9 Å². The summed E-state index contributed by atoms with van der Waals surface area (Å²) >= 11 is 1.46. The molecule has 0 aliphatic carbocycles. The highest BCUT2D eigenvalue weighted by molar-refractivity contribution is 8.00. The Morgan fingerprint density at radius 3 is 3.00 bits per heavy atom. The first-order chi connectivity index (χ1) is 17.5. The van der Waals surface area contributed by atoms with Crippen LogP contribution in [0.2, 0.25) is 0 Å². The van der Waals surface area contributed by atoms with Crippen molar-refractivity contribution >= 4 is 48.0 Å². The third-order valence-corrected chi connectivity index (χ3v) is 6.18. The lowest BCUT2D eigenvalue weighted by atomic mass is 10.1. The molecule has 1 aromatic carbocycles. The molecule has 1 aliphatic rings. The molecule has 1 amide bonds. The van der Waals surface area contributed by atoms with Crippen LogP contribution in [-0.2, 0) is 4.84 Å². The van der Waals surface area contributed by atoms with E-state index in [2.05, 4.69) is 36.5 Å². The molecule has 12 heteroatoms. The fourth-order valence-electron chi connectivity index (χ4n) is 3.45. The second-order valence-electron chi connectivity index (χ2n) is 7.87. The summed E-state index contributed by atoms with van der Waals surface area (Å²) in [4.78, 5) is 30.2. The summed E-state index contributed by atoms with van der Waals surface area (Å²) in [5, 5.41) is 7.31. The molecular weight excluding hydrogens is 483 g/mol. The molecule has 3 N–H and O–H groups in total. The molecule has 1 aliphatic heterocycles. The van der Waals surface area contributed by atoms with Gasteiger partial charge >= 0.3 is 0 Å². The third-order valence-electron chi connectivity index (χ3n) is 5.28. The lowest BCUT2D eigenvalue weighted by molar-refractivity contribution is 0.0587. The summed E-state index contributed by atoms with van der Waals surface area (Å²) in [5.74, 6) is -0.642. The lowest BCUT2D eigenvalue weighted by Gasteiger charge is -2.36. The average Bonchev–Trinajstić information content (AvgIpc) is 3.29. The molecule has 4 rings (SSSR count). The first kappa shape index (κ1) is 25.1. The van der Waals surface area contributed by atoms with E-state index in [9.17, 15) is 9.18 Å². The Kier molecular flexibility index (Phi) is 8.08. The van der Waals surface area contributed by atoms with Gasteiger partial charge < -0.3 is 15.9 Å². The van der Waals surface area contributed by atoms with Crippen molar-refractivity contribution < 1.29 is 14.0 Å². The number of nitrogens with one attached hydrogen (secondary N) is 1. The van der Waals surface area contributed by atoms with Crippen molar-refractivity contribution in [3.05, 3.63) is 77.0 Å². The highest BCUT2D eigenvalue weighted by Gasteiger charge is 2.28. The number of carbonyl (C=O) groups excluding carboxylic acids is 1. The van der Waals surface area contributed by atoms with Crippen LogP contribution < -0.4 is 11.1 Å². The number of nitrogens with zero attached hydrogens (tertiary/aromatic N) is 6. The van der Waals surface area contributed by atoms with Crippen LogP contribution in [0.3, 0.4) is 0 Å². The molecule has 0 atom stereocenters. The van der Waals surface area contributed by atoms with Gasteiger partial charge in [-0.05, 0) is 55.1 Å². The van der Waals surface area contributed by atoms with Gasteiger partial charge in [-0.3, -0.25) is 14.2 Å². The number of amides is 1. The summed E-state index contributed by atoms with van der Waals surface area (Å²) in [7, 11) is 1.68. The number of aliphatic imine (C=N–C) groups is 2. The maximum absolute atomic E-state index is 14.5. The number of pyridine rings is 1. The lowest BCUT2D eigenvalue weighted by Crippen LogP contribution is -2.44. The number of halogens is 1. The number of carbonyl (C=O) groups is 1. The Balaban J connectivity index is 1.36. The van der Waals surface area contributed by atoms with Gasteiger partial charge in [-0.2, -0.15) is 0 Å². The van der Waals surface area contributed by atoms with Gasteiger partial charge in [0.25, 0.3) is 5.91 Å². The van der Waals surface area contributed by atoms with Gasteiger partial charge in [-0.15, -0.1) is 0 Å². The van der Waals surface area contributed by atoms with Crippen molar-refractivity contribution in [2.45, 2.75) is 0 Å². The number of benzene rings is 1. The zero-order valence-electron chi connectivity index (χ0n) is 19.5. The fourth-order valence-corrected chi connectivity index (χ4v) is 4.44. The van der Waals surface area contributed by atoms with Crippen LogP contribution in [0.15, 0.2) is 75.0 Å². The van der Waals surface area contributed by atoms with Crippen LogP contribution in [0, 0.1) is 11.7 Å². The minimum atomic E-state index is -0.601. The van der Waals surface area contributed by atoms with Gasteiger partial charge in [-0.1, -0.05) is 11.2 Å². The van der Waals surface area contributed by atoms with Crippen molar-refractivity contribution in [2.75, 3.05) is 32.1 Å². The molecule has 0 radical (unpaired) electrons. The monoisotopic (exact) mass is 508 g/mol. The van der Waals surface area contributed by atoms with E-state index in [1.165, 1.54) is 36.3 Å². The molecule has 2 aromatic heterocycles. The van der Waals surface area contributed by atoms with Gasteiger partial charge in [-0.25, -0.2) is 18.7 Å². The normalized spacial score (nSPS) is 15.3. The number of imidazole rings is 1. The molecule has 1 fully saturated rings. The van der Waals surface area contributed by atoms with Gasteiger partial charge in [0.15, 0.2) is 5.84 Å². The number of allylic oxidation sites excluding steroid dienone is 1. The second-order valence-corrected chi connectivity index (χ2v) is 9.04. The second kappa shape index (κ2) is 11.6. The zero-order valence-corrected chi connectivity index (χ0v) is 20.4. The van der Waals surface area contributed by atoms with Crippen molar-refractivity contribution in [3.8, 4) is 0 Å². The molecule has 3 aromatic rings. The van der Waals surface area contributed by atoms with Gasteiger partial charge in [0, 0.05) is 44.0 Å². The van der Waals surface area contributed by atoms with Crippen LogP contribution in [0.25, 0.3) is 5.65 Å². The van der Waals surface area contributed by atoms with E-state index in [0.29, 0.717) is 22.8 Å². The number of oxime groups is 1. The van der Waals surface area contributed by atoms with E-state index in [4.69, 9.17) is 10.6 Å². The van der Waals surface area contributed by atoms with E-state index in [1.54, 1.807) is 42.1 Å². The number of aromatic nitrogens is 2. The predicted octanol–water partition coefficient (Wildman–Crippen LogP) is 3.19. The van der Waals surface area contributed by atoms with Crippen LogP contribution in [0.5, 0.6) is 0 Å². The van der Waals surface area contributed by atoms with E-state index in [-0.39, 0.29) is 23.1 Å². The maximum atomic E-state index is 14.5. The summed E-state index contributed by atoms with van der Waals surface area (Å²) in [6.07, 6.45) is 6.54. The summed E-state index contributed by atoms with van der Waals surface area (Å²) < 4.78 is 18.2. The van der Waals surface area contributed by atoms with E-state index in [0.717, 1.165) is 13.1 Å². The summed E-state index contributed by atoms with van der Waals surface area (Å²) in [6, 6.07) is 9.51. The first-order valence-corrected chi connectivity index (χ1v) is 11.8. The molecule has 36 heavy (non-hydrogen) atoms. The standard InChI is InChI=1S/C24H25FN8O2S/c1-27-9-8-21(26)36-32-13-16(14-32)15-35-31-23(28-2)17-6-7-18(25)19(11-17)30-24(34)20-12-29-22-5-3-4-10-33(20)22/h3-12,16H,2,13-15,26H2,1H3,(H,30,34)/b21-8?,27-9?,31-23-. The minimum absolute atomic E-state index is 0.0230. The number of amidine groups is 1. The Bertz CT molecular complexity index is 1350. The molecule has 186 valence electrons. The molecular formula is C24H25FN8O2S. The number of rotatable bonds is 9. The predicted molar refractivity (Wildman–Crippen MR) is 141 cm³/mol. The largest absolute Gasteiger partial charge is 0.394 e. The Morgan fingerprint density at radius 2 is 2.22 bits per heavy atom. The van der Waals surface area contributed by atoms with E-state index < -0.39 is 11.7 Å². The van der Waals surface area contributed by atoms with Gasteiger partial charge in [0.2, 0.25) is 0 Å². The molecule has 1 saturated heterocycles. The number of fused-ring (bicyclic) bond motifs is 1. The Morgan fingerprint density at radius 1 is 1.39 bits per heavy atom. The average molecular weight is 509 g/mol. The summed E-state index contributed by atoms with van der Waals surface area (Å²) in [6.45, 7) is 5.51.